The zero-order chi connectivity index (χ0) is 12.8. The van der Waals surface area contributed by atoms with Gasteiger partial charge in [-0.1, -0.05) is 13.8 Å². The maximum Gasteiger partial charge on any atom is 0.231 e. The van der Waals surface area contributed by atoms with E-state index < -0.39 is 5.54 Å². The molecule has 0 saturated carbocycles. The van der Waals surface area contributed by atoms with Gasteiger partial charge in [-0.05, 0) is 52.9 Å². The second-order valence-electron chi connectivity index (χ2n) is 5.26. The summed E-state index contributed by atoms with van der Waals surface area (Å²) in [5.74, 6) is 1.94. The molecule has 1 aromatic rings. The summed E-state index contributed by atoms with van der Waals surface area (Å²) in [6.45, 7) is 8.58. The Morgan fingerprint density at radius 2 is 2.00 bits per heavy atom. The Balaban J connectivity index is 2.70. The molecule has 2 rings (SSSR count). The van der Waals surface area contributed by atoms with Crippen molar-refractivity contribution in [1.29, 1.82) is 0 Å². The van der Waals surface area contributed by atoms with E-state index >= 15 is 0 Å². The number of ether oxygens (including phenoxy) is 2. The molecule has 0 aliphatic carbocycles. The van der Waals surface area contributed by atoms with Gasteiger partial charge in [0, 0.05) is 5.54 Å². The van der Waals surface area contributed by atoms with Crippen molar-refractivity contribution >= 4 is 15.9 Å². The van der Waals surface area contributed by atoms with Gasteiger partial charge in [-0.25, -0.2) is 0 Å². The Bertz CT molecular complexity index is 450. The number of hydrogen-bond acceptors (Lipinski definition) is 3. The predicted molar refractivity (Wildman–Crippen MR) is 71.6 cm³/mol. The van der Waals surface area contributed by atoms with Gasteiger partial charge in [0.2, 0.25) is 6.79 Å². The first-order valence-electron chi connectivity index (χ1n) is 5.73. The lowest BCUT2D eigenvalue weighted by Gasteiger charge is -2.26. The number of rotatable bonds is 2. The van der Waals surface area contributed by atoms with E-state index in [9.17, 15) is 0 Å². The van der Waals surface area contributed by atoms with Gasteiger partial charge < -0.3 is 15.2 Å². The minimum Gasteiger partial charge on any atom is -0.454 e. The highest BCUT2D eigenvalue weighted by Crippen LogP contribution is 2.47. The van der Waals surface area contributed by atoms with Crippen molar-refractivity contribution in [3.63, 3.8) is 0 Å². The van der Waals surface area contributed by atoms with Gasteiger partial charge in [0.25, 0.3) is 0 Å². The number of fused-ring (bicyclic) bond motifs is 1. The van der Waals surface area contributed by atoms with E-state index in [1.54, 1.807) is 0 Å². The minimum atomic E-state index is -0.400. The summed E-state index contributed by atoms with van der Waals surface area (Å²) >= 11 is 3.62. The van der Waals surface area contributed by atoms with Gasteiger partial charge in [-0.15, -0.1) is 0 Å². The molecule has 2 N–H and O–H groups in total. The minimum absolute atomic E-state index is 0.278. The smallest absolute Gasteiger partial charge is 0.231 e. The molecule has 1 aliphatic heterocycles. The van der Waals surface area contributed by atoms with Crippen molar-refractivity contribution in [2.24, 2.45) is 5.73 Å². The first-order chi connectivity index (χ1) is 7.82. The summed E-state index contributed by atoms with van der Waals surface area (Å²) in [5.41, 5.74) is 8.14. The van der Waals surface area contributed by atoms with Crippen molar-refractivity contribution in [2.45, 2.75) is 39.2 Å². The summed E-state index contributed by atoms with van der Waals surface area (Å²) < 4.78 is 11.9. The van der Waals surface area contributed by atoms with E-state index in [4.69, 9.17) is 15.2 Å². The summed E-state index contributed by atoms with van der Waals surface area (Å²) in [7, 11) is 0. The normalized spacial score (nSPS) is 14.5. The highest BCUT2D eigenvalue weighted by molar-refractivity contribution is 9.10. The monoisotopic (exact) mass is 299 g/mol. The molecule has 0 spiro atoms. The van der Waals surface area contributed by atoms with Crippen molar-refractivity contribution in [3.8, 4) is 11.5 Å². The molecule has 1 aliphatic rings. The molecule has 4 heteroatoms. The van der Waals surface area contributed by atoms with Crippen LogP contribution in [0.5, 0.6) is 11.5 Å². The van der Waals surface area contributed by atoms with E-state index in [2.05, 4.69) is 29.8 Å². The largest absolute Gasteiger partial charge is 0.454 e. The molecule has 0 aromatic heterocycles. The molecule has 3 nitrogen and oxygen atoms in total. The number of nitrogens with two attached hydrogens (primary N) is 1. The van der Waals surface area contributed by atoms with Crippen LogP contribution in [0.4, 0.5) is 0 Å². The summed E-state index contributed by atoms with van der Waals surface area (Å²) in [5, 5.41) is 0. The van der Waals surface area contributed by atoms with Crippen molar-refractivity contribution < 1.29 is 9.47 Å². The van der Waals surface area contributed by atoms with Crippen LogP contribution in [0.1, 0.15) is 44.7 Å². The van der Waals surface area contributed by atoms with E-state index in [-0.39, 0.29) is 6.79 Å². The maximum absolute atomic E-state index is 6.24. The molecule has 17 heavy (non-hydrogen) atoms. The third kappa shape index (κ3) is 2.16. The second kappa shape index (κ2) is 4.18. The molecule has 0 amide bonds. The van der Waals surface area contributed by atoms with Gasteiger partial charge in [-0.3, -0.25) is 0 Å². The molecule has 0 unspecified atom stereocenters. The average Bonchev–Trinajstić information content (AvgIpc) is 2.63. The van der Waals surface area contributed by atoms with E-state index in [0.717, 1.165) is 21.5 Å². The van der Waals surface area contributed by atoms with Crippen LogP contribution in [0.15, 0.2) is 10.5 Å². The number of hydrogen-bond donors (Lipinski definition) is 1. The van der Waals surface area contributed by atoms with Crippen molar-refractivity contribution in [1.82, 2.24) is 0 Å². The molecular formula is C13H18BrNO2. The molecule has 0 atom stereocenters. The van der Waals surface area contributed by atoms with Gasteiger partial charge in [0.1, 0.15) is 0 Å². The van der Waals surface area contributed by atoms with Crippen molar-refractivity contribution in [2.75, 3.05) is 6.79 Å². The maximum atomic E-state index is 6.24. The lowest BCUT2D eigenvalue weighted by Crippen LogP contribution is -2.30. The molecule has 0 fully saturated rings. The summed E-state index contributed by atoms with van der Waals surface area (Å²) in [6, 6.07) is 2.00. The molecule has 0 saturated heterocycles. The topological polar surface area (TPSA) is 44.5 Å². The Kier molecular flexibility index (Phi) is 3.12. The van der Waals surface area contributed by atoms with Crippen LogP contribution >= 0.6 is 15.9 Å². The molecule has 1 aromatic carbocycles. The highest BCUT2D eigenvalue weighted by atomic mass is 79.9. The summed E-state index contributed by atoms with van der Waals surface area (Å²) in [4.78, 5) is 0. The lowest BCUT2D eigenvalue weighted by atomic mass is 9.86. The van der Waals surface area contributed by atoms with Crippen LogP contribution in [0.25, 0.3) is 0 Å². The van der Waals surface area contributed by atoms with Gasteiger partial charge in [-0.2, -0.15) is 0 Å². The number of benzene rings is 1. The Labute approximate surface area is 110 Å². The van der Waals surface area contributed by atoms with Crippen LogP contribution in [0.2, 0.25) is 0 Å². The fourth-order valence-corrected chi connectivity index (χ4v) is 3.10. The van der Waals surface area contributed by atoms with Crippen LogP contribution in [-0.2, 0) is 5.54 Å². The number of halogens is 1. The standard InChI is InChI=1S/C13H18BrNO2/c1-7(2)10-8(13(3,4)15)5-9-12(11(10)14)17-6-16-9/h5,7H,6,15H2,1-4H3. The Hall–Kier alpha value is -0.740. The van der Waals surface area contributed by atoms with Crippen LogP contribution in [-0.4, -0.2) is 6.79 Å². The zero-order valence-electron chi connectivity index (χ0n) is 10.6. The molecule has 1 heterocycles. The fraction of sp³-hybridized carbons (Fsp3) is 0.538. The Morgan fingerprint density at radius 1 is 1.35 bits per heavy atom. The van der Waals surface area contributed by atoms with Gasteiger partial charge in [0.15, 0.2) is 11.5 Å². The SMILES string of the molecule is CC(C)c1c(C(C)(C)N)cc2c(c1Br)OCO2. The molecule has 94 valence electrons. The van der Waals surface area contributed by atoms with E-state index in [1.165, 1.54) is 5.56 Å². The second-order valence-corrected chi connectivity index (χ2v) is 6.05. The lowest BCUT2D eigenvalue weighted by molar-refractivity contribution is 0.173. The van der Waals surface area contributed by atoms with Gasteiger partial charge >= 0.3 is 0 Å². The zero-order valence-corrected chi connectivity index (χ0v) is 12.2. The fourth-order valence-electron chi connectivity index (χ4n) is 2.11. The first kappa shape index (κ1) is 12.7. The van der Waals surface area contributed by atoms with Gasteiger partial charge in [0.05, 0.1) is 4.47 Å². The Morgan fingerprint density at radius 3 is 2.53 bits per heavy atom. The first-order valence-corrected chi connectivity index (χ1v) is 6.53. The molecular weight excluding hydrogens is 282 g/mol. The molecule has 0 bridgehead atoms. The third-order valence-corrected chi connectivity index (χ3v) is 3.70. The van der Waals surface area contributed by atoms with Crippen LogP contribution < -0.4 is 15.2 Å². The third-order valence-electron chi connectivity index (χ3n) is 2.91. The predicted octanol–water partition coefficient (Wildman–Crippen LogP) is 3.50. The van der Waals surface area contributed by atoms with Crippen molar-refractivity contribution in [3.05, 3.63) is 21.7 Å². The average molecular weight is 300 g/mol. The molecule has 0 radical (unpaired) electrons. The van der Waals surface area contributed by atoms with Crippen LogP contribution in [0.3, 0.4) is 0 Å². The summed E-state index contributed by atoms with van der Waals surface area (Å²) in [6.07, 6.45) is 0. The van der Waals surface area contributed by atoms with Crippen LogP contribution in [0, 0.1) is 0 Å². The quantitative estimate of drug-likeness (QED) is 0.909. The van der Waals surface area contributed by atoms with E-state index in [1.807, 2.05) is 19.9 Å². The highest BCUT2D eigenvalue weighted by Gasteiger charge is 2.29. The van der Waals surface area contributed by atoms with E-state index in [0.29, 0.717) is 5.92 Å².